The quantitative estimate of drug-likeness (QED) is 0.797. The molecular weight excluding hydrogens is 310 g/mol. The second kappa shape index (κ2) is 4.92. The maximum absolute atomic E-state index is 11.9. The Balaban J connectivity index is 2.32. The Bertz CT molecular complexity index is 629. The third kappa shape index (κ3) is 3.32. The Hall–Kier alpha value is -1.43. The topological polar surface area (TPSA) is 57.0 Å². The highest BCUT2D eigenvalue weighted by molar-refractivity contribution is 9.10. The number of aromatic nitrogens is 3. The lowest BCUT2D eigenvalue weighted by molar-refractivity contribution is -0.155. The summed E-state index contributed by atoms with van der Waals surface area (Å²) in [4.78, 5) is 20.4. The number of esters is 1. The molecule has 2 rings (SSSR count). The number of ether oxygens (including phenoxy) is 1. The smallest absolute Gasteiger partial charge is 0.326 e. The number of imidazole rings is 1. The van der Waals surface area contributed by atoms with Crippen LogP contribution in [0.3, 0.4) is 0 Å². The van der Waals surface area contributed by atoms with E-state index in [4.69, 9.17) is 4.74 Å². The molecule has 2 aromatic rings. The fourth-order valence-electron chi connectivity index (χ4n) is 1.80. The molecule has 0 N–H and O–H groups in total. The minimum atomic E-state index is -0.486. The number of halogens is 1. The molecule has 5 nitrogen and oxygen atoms in total. The molecule has 0 saturated carbocycles. The van der Waals surface area contributed by atoms with Crippen molar-refractivity contribution in [3.63, 3.8) is 0 Å². The number of nitrogens with zero attached hydrogens (tertiary/aromatic N) is 3. The number of carbonyl (C=O) groups excluding carboxylic acids is 1. The molecule has 2 heterocycles. The van der Waals surface area contributed by atoms with Crippen molar-refractivity contribution in [3.8, 4) is 0 Å². The number of aryl methyl sites for hydroxylation is 1. The molecule has 0 unspecified atom stereocenters. The van der Waals surface area contributed by atoms with E-state index in [1.165, 1.54) is 0 Å². The van der Waals surface area contributed by atoms with Crippen LogP contribution in [-0.2, 0) is 16.1 Å². The molecular formula is C13H16BrN3O2. The third-order valence-electron chi connectivity index (χ3n) is 2.47. The molecule has 0 aliphatic rings. The molecule has 0 aliphatic carbocycles. The molecule has 0 aliphatic heterocycles. The lowest BCUT2D eigenvalue weighted by Gasteiger charge is -2.20. The lowest BCUT2D eigenvalue weighted by atomic mass is 10.2. The van der Waals surface area contributed by atoms with Crippen molar-refractivity contribution >= 4 is 33.1 Å². The first kappa shape index (κ1) is 14.0. The first-order valence-electron chi connectivity index (χ1n) is 5.96. The van der Waals surface area contributed by atoms with Gasteiger partial charge in [0.15, 0.2) is 5.65 Å². The highest BCUT2D eigenvalue weighted by atomic mass is 79.9. The first-order chi connectivity index (χ1) is 8.76. The molecule has 0 spiro atoms. The summed E-state index contributed by atoms with van der Waals surface area (Å²) >= 11 is 3.37. The highest BCUT2D eigenvalue weighted by Crippen LogP contribution is 2.19. The van der Waals surface area contributed by atoms with Crippen molar-refractivity contribution in [2.75, 3.05) is 0 Å². The van der Waals surface area contributed by atoms with Crippen molar-refractivity contribution in [1.29, 1.82) is 0 Å². The van der Waals surface area contributed by atoms with Crippen molar-refractivity contribution in [2.45, 2.75) is 39.8 Å². The fourth-order valence-corrected chi connectivity index (χ4v) is 2.12. The molecule has 19 heavy (non-hydrogen) atoms. The van der Waals surface area contributed by atoms with Gasteiger partial charge in [-0.2, -0.15) is 0 Å². The molecule has 0 atom stereocenters. The van der Waals surface area contributed by atoms with Crippen molar-refractivity contribution in [1.82, 2.24) is 14.5 Å². The Morgan fingerprint density at radius 3 is 2.79 bits per heavy atom. The van der Waals surface area contributed by atoms with Crippen molar-refractivity contribution in [3.05, 3.63) is 22.6 Å². The van der Waals surface area contributed by atoms with Gasteiger partial charge in [-0.05, 0) is 49.7 Å². The average Bonchev–Trinajstić information content (AvgIpc) is 2.53. The molecule has 102 valence electrons. The largest absolute Gasteiger partial charge is 0.459 e. The summed E-state index contributed by atoms with van der Waals surface area (Å²) in [5.74, 6) is 0.460. The van der Waals surface area contributed by atoms with Crippen LogP contribution >= 0.6 is 15.9 Å². The van der Waals surface area contributed by atoms with Crippen LogP contribution in [0.2, 0.25) is 0 Å². The monoisotopic (exact) mass is 325 g/mol. The molecule has 0 amide bonds. The summed E-state index contributed by atoms with van der Waals surface area (Å²) in [5, 5.41) is 0. The van der Waals surface area contributed by atoms with E-state index in [1.807, 2.05) is 33.8 Å². The van der Waals surface area contributed by atoms with Crippen molar-refractivity contribution in [2.24, 2.45) is 0 Å². The Labute approximate surface area is 120 Å². The molecule has 0 saturated heterocycles. The standard InChI is InChI=1S/C13H16BrN3O2/c1-8-16-12-10(5-9(14)6-15-12)17(8)7-11(18)19-13(2,3)4/h5-6H,7H2,1-4H3. The summed E-state index contributed by atoms with van der Waals surface area (Å²) in [6.45, 7) is 7.53. The SMILES string of the molecule is Cc1nc2ncc(Br)cc2n1CC(=O)OC(C)(C)C. The summed E-state index contributed by atoms with van der Waals surface area (Å²) in [5.41, 5.74) is 0.960. The summed E-state index contributed by atoms with van der Waals surface area (Å²) in [6.07, 6.45) is 1.69. The second-order valence-electron chi connectivity index (χ2n) is 5.33. The Kier molecular flexibility index (Phi) is 3.62. The maximum atomic E-state index is 11.9. The van der Waals surface area contributed by atoms with Gasteiger partial charge in [0, 0.05) is 10.7 Å². The van der Waals surface area contributed by atoms with Gasteiger partial charge in [0.05, 0.1) is 5.52 Å². The van der Waals surface area contributed by atoms with E-state index in [0.717, 1.165) is 15.8 Å². The van der Waals surface area contributed by atoms with Crippen LogP contribution in [0.15, 0.2) is 16.7 Å². The normalized spacial score (nSPS) is 11.8. The highest BCUT2D eigenvalue weighted by Gasteiger charge is 2.18. The zero-order valence-electron chi connectivity index (χ0n) is 11.4. The van der Waals surface area contributed by atoms with E-state index in [9.17, 15) is 4.79 Å². The van der Waals surface area contributed by atoms with Crippen molar-refractivity contribution < 1.29 is 9.53 Å². The van der Waals surface area contributed by atoms with Gasteiger partial charge in [-0.15, -0.1) is 0 Å². The van der Waals surface area contributed by atoms with Gasteiger partial charge in [-0.1, -0.05) is 0 Å². The number of pyridine rings is 1. The lowest BCUT2D eigenvalue weighted by Crippen LogP contribution is -2.26. The van der Waals surface area contributed by atoms with Crippen LogP contribution in [0.4, 0.5) is 0 Å². The van der Waals surface area contributed by atoms with Gasteiger partial charge in [-0.3, -0.25) is 4.79 Å². The Morgan fingerprint density at radius 2 is 2.16 bits per heavy atom. The number of rotatable bonds is 2. The predicted octanol–water partition coefficient (Wildman–Crippen LogP) is 2.84. The molecule has 6 heteroatoms. The Morgan fingerprint density at radius 1 is 1.47 bits per heavy atom. The van der Waals surface area contributed by atoms with Gasteiger partial charge < -0.3 is 9.30 Å². The fraction of sp³-hybridized carbons (Fsp3) is 0.462. The van der Waals surface area contributed by atoms with Gasteiger partial charge in [0.2, 0.25) is 0 Å². The van der Waals surface area contributed by atoms with E-state index in [-0.39, 0.29) is 12.5 Å². The van der Waals surface area contributed by atoms with Crippen LogP contribution in [0.5, 0.6) is 0 Å². The van der Waals surface area contributed by atoms with Crippen LogP contribution in [0.1, 0.15) is 26.6 Å². The predicted molar refractivity (Wildman–Crippen MR) is 75.8 cm³/mol. The molecule has 2 aromatic heterocycles. The van der Waals surface area contributed by atoms with E-state index in [0.29, 0.717) is 5.65 Å². The molecule has 0 radical (unpaired) electrons. The van der Waals surface area contributed by atoms with Gasteiger partial charge in [-0.25, -0.2) is 9.97 Å². The minimum Gasteiger partial charge on any atom is -0.459 e. The van der Waals surface area contributed by atoms with Crippen LogP contribution < -0.4 is 0 Å². The summed E-state index contributed by atoms with van der Waals surface area (Å²) < 4.78 is 7.98. The van der Waals surface area contributed by atoms with Crippen LogP contribution in [-0.4, -0.2) is 26.1 Å². The summed E-state index contributed by atoms with van der Waals surface area (Å²) in [7, 11) is 0. The molecule has 0 aromatic carbocycles. The number of fused-ring (bicyclic) bond motifs is 1. The molecule has 0 fully saturated rings. The zero-order chi connectivity index (χ0) is 14.2. The first-order valence-corrected chi connectivity index (χ1v) is 6.76. The maximum Gasteiger partial charge on any atom is 0.326 e. The number of carbonyl (C=O) groups is 1. The van der Waals surface area contributed by atoms with Crippen LogP contribution in [0, 0.1) is 6.92 Å². The minimum absolute atomic E-state index is 0.137. The van der Waals surface area contributed by atoms with Gasteiger partial charge >= 0.3 is 5.97 Å². The van der Waals surface area contributed by atoms with Gasteiger partial charge in [0.1, 0.15) is 18.0 Å². The summed E-state index contributed by atoms with van der Waals surface area (Å²) in [6, 6.07) is 1.90. The zero-order valence-corrected chi connectivity index (χ0v) is 13.0. The number of hydrogen-bond donors (Lipinski definition) is 0. The van der Waals surface area contributed by atoms with E-state index in [1.54, 1.807) is 10.8 Å². The third-order valence-corrected chi connectivity index (χ3v) is 2.90. The van der Waals surface area contributed by atoms with E-state index >= 15 is 0 Å². The average molecular weight is 326 g/mol. The van der Waals surface area contributed by atoms with E-state index < -0.39 is 5.60 Å². The second-order valence-corrected chi connectivity index (χ2v) is 6.24. The van der Waals surface area contributed by atoms with Gasteiger partial charge in [0.25, 0.3) is 0 Å². The molecule has 0 bridgehead atoms. The van der Waals surface area contributed by atoms with Crippen LogP contribution in [0.25, 0.3) is 11.2 Å². The number of hydrogen-bond acceptors (Lipinski definition) is 4. The van der Waals surface area contributed by atoms with E-state index in [2.05, 4.69) is 25.9 Å².